The lowest BCUT2D eigenvalue weighted by atomic mass is 10.2. The van der Waals surface area contributed by atoms with Crippen LogP contribution in [0.1, 0.15) is 30.4 Å². The molecule has 72 valence electrons. The molecule has 5 heteroatoms. The molecule has 1 aromatic heterocycles. The number of hydrogen-bond acceptors (Lipinski definition) is 4. The Morgan fingerprint density at radius 3 is 2.77 bits per heavy atom. The van der Waals surface area contributed by atoms with E-state index in [0.29, 0.717) is 18.4 Å². The molecule has 0 saturated carbocycles. The van der Waals surface area contributed by atoms with Gasteiger partial charge < -0.3 is 9.84 Å². The first-order valence-corrected chi connectivity index (χ1v) is 4.18. The van der Waals surface area contributed by atoms with Crippen molar-refractivity contribution in [2.24, 2.45) is 5.92 Å². The Balaban J connectivity index is 2.49. The van der Waals surface area contributed by atoms with E-state index in [9.17, 15) is 4.79 Å². The molecular weight excluding hydrogens is 170 g/mol. The highest BCUT2D eigenvalue weighted by molar-refractivity contribution is 5.90. The van der Waals surface area contributed by atoms with Crippen molar-refractivity contribution >= 4 is 5.91 Å². The number of nitrogens with zero attached hydrogens (tertiary/aromatic N) is 2. The summed E-state index contributed by atoms with van der Waals surface area (Å²) in [7, 11) is 0. The molecule has 0 aliphatic carbocycles. The molecule has 1 rings (SSSR count). The lowest BCUT2D eigenvalue weighted by Crippen LogP contribution is -2.28. The molecule has 1 aromatic rings. The summed E-state index contributed by atoms with van der Waals surface area (Å²) in [5.74, 6) is 0.621. The van der Waals surface area contributed by atoms with Crippen LogP contribution in [0.4, 0.5) is 0 Å². The fraction of sp³-hybridized carbons (Fsp3) is 0.625. The van der Waals surface area contributed by atoms with E-state index < -0.39 is 0 Å². The maximum atomic E-state index is 11.3. The van der Waals surface area contributed by atoms with Crippen molar-refractivity contribution in [3.8, 4) is 0 Å². The number of carbonyl (C=O) groups excluding carboxylic acids is 1. The maximum Gasteiger partial charge on any atom is 0.292 e. The van der Waals surface area contributed by atoms with Gasteiger partial charge in [-0.2, -0.15) is 4.98 Å². The Labute approximate surface area is 76.5 Å². The highest BCUT2D eigenvalue weighted by Gasteiger charge is 2.11. The first-order chi connectivity index (χ1) is 6.09. The second-order valence-electron chi connectivity index (χ2n) is 3.24. The van der Waals surface area contributed by atoms with E-state index in [1.807, 2.05) is 13.8 Å². The summed E-state index contributed by atoms with van der Waals surface area (Å²) in [6.45, 7) is 6.29. The number of hydrogen-bond donors (Lipinski definition) is 1. The SMILES string of the molecule is Cc1nc(C(=O)NCC(C)C)no1. The zero-order valence-electron chi connectivity index (χ0n) is 8.00. The van der Waals surface area contributed by atoms with Gasteiger partial charge >= 0.3 is 0 Å². The van der Waals surface area contributed by atoms with Crippen molar-refractivity contribution in [3.63, 3.8) is 0 Å². The molecule has 0 atom stereocenters. The summed E-state index contributed by atoms with van der Waals surface area (Å²) in [5, 5.41) is 6.18. The van der Waals surface area contributed by atoms with E-state index in [2.05, 4.69) is 20.0 Å². The van der Waals surface area contributed by atoms with Crippen LogP contribution in [-0.2, 0) is 0 Å². The third-order valence-corrected chi connectivity index (χ3v) is 1.40. The Hall–Kier alpha value is -1.39. The zero-order valence-corrected chi connectivity index (χ0v) is 8.00. The van der Waals surface area contributed by atoms with Gasteiger partial charge in [0.25, 0.3) is 11.7 Å². The van der Waals surface area contributed by atoms with Crippen molar-refractivity contribution in [2.45, 2.75) is 20.8 Å². The van der Waals surface area contributed by atoms with Crippen molar-refractivity contribution in [3.05, 3.63) is 11.7 Å². The molecule has 0 aliphatic rings. The van der Waals surface area contributed by atoms with Crippen LogP contribution in [0.15, 0.2) is 4.52 Å². The Morgan fingerprint density at radius 2 is 2.31 bits per heavy atom. The third kappa shape index (κ3) is 2.85. The van der Waals surface area contributed by atoms with Gasteiger partial charge in [-0.05, 0) is 5.92 Å². The molecule has 5 nitrogen and oxygen atoms in total. The normalized spacial score (nSPS) is 10.5. The minimum absolute atomic E-state index is 0.0955. The first kappa shape index (κ1) is 9.70. The monoisotopic (exact) mass is 183 g/mol. The average Bonchev–Trinajstić information content (AvgIpc) is 2.47. The standard InChI is InChI=1S/C8H13N3O2/c1-5(2)4-9-8(12)7-10-6(3)13-11-7/h5H,4H2,1-3H3,(H,9,12). The van der Waals surface area contributed by atoms with Crippen LogP contribution in [0, 0.1) is 12.8 Å². The van der Waals surface area contributed by atoms with E-state index in [1.165, 1.54) is 0 Å². The van der Waals surface area contributed by atoms with Crippen LogP contribution in [0.5, 0.6) is 0 Å². The van der Waals surface area contributed by atoms with Gasteiger partial charge in [0.1, 0.15) is 0 Å². The molecule has 0 bridgehead atoms. The largest absolute Gasteiger partial charge is 0.349 e. The highest BCUT2D eigenvalue weighted by Crippen LogP contribution is 1.95. The Kier molecular flexibility index (Phi) is 3.00. The van der Waals surface area contributed by atoms with Crippen molar-refractivity contribution in [1.82, 2.24) is 15.5 Å². The van der Waals surface area contributed by atoms with Gasteiger partial charge in [0.15, 0.2) is 0 Å². The number of amides is 1. The van der Waals surface area contributed by atoms with Crippen LogP contribution in [0.2, 0.25) is 0 Å². The molecular formula is C8H13N3O2. The van der Waals surface area contributed by atoms with Crippen molar-refractivity contribution in [2.75, 3.05) is 6.54 Å². The molecule has 1 amide bonds. The molecule has 0 aliphatic heterocycles. The molecule has 0 fully saturated rings. The Bertz CT molecular complexity index is 293. The minimum Gasteiger partial charge on any atom is -0.349 e. The fourth-order valence-electron chi connectivity index (χ4n) is 0.767. The molecule has 1 heterocycles. The van der Waals surface area contributed by atoms with Gasteiger partial charge in [-0.3, -0.25) is 4.79 Å². The number of aromatic nitrogens is 2. The lowest BCUT2D eigenvalue weighted by molar-refractivity contribution is 0.0935. The van der Waals surface area contributed by atoms with Crippen molar-refractivity contribution in [1.29, 1.82) is 0 Å². The lowest BCUT2D eigenvalue weighted by Gasteiger charge is -2.03. The zero-order chi connectivity index (χ0) is 9.84. The van der Waals surface area contributed by atoms with Gasteiger partial charge in [0, 0.05) is 13.5 Å². The Morgan fingerprint density at radius 1 is 1.62 bits per heavy atom. The number of carbonyl (C=O) groups is 1. The second kappa shape index (κ2) is 4.02. The van der Waals surface area contributed by atoms with Crippen LogP contribution < -0.4 is 5.32 Å². The molecule has 13 heavy (non-hydrogen) atoms. The van der Waals surface area contributed by atoms with E-state index in [1.54, 1.807) is 6.92 Å². The first-order valence-electron chi connectivity index (χ1n) is 4.18. The summed E-state index contributed by atoms with van der Waals surface area (Å²) in [5.41, 5.74) is 0. The summed E-state index contributed by atoms with van der Waals surface area (Å²) in [6, 6.07) is 0. The molecule has 0 aromatic carbocycles. The van der Waals surface area contributed by atoms with E-state index in [-0.39, 0.29) is 11.7 Å². The topological polar surface area (TPSA) is 68.0 Å². The smallest absolute Gasteiger partial charge is 0.292 e. The minimum atomic E-state index is -0.287. The molecule has 0 spiro atoms. The number of rotatable bonds is 3. The van der Waals surface area contributed by atoms with E-state index in [4.69, 9.17) is 0 Å². The molecule has 0 unspecified atom stereocenters. The predicted molar refractivity (Wildman–Crippen MR) is 46.2 cm³/mol. The van der Waals surface area contributed by atoms with Gasteiger partial charge in [0.2, 0.25) is 5.89 Å². The van der Waals surface area contributed by atoms with Gasteiger partial charge in [-0.25, -0.2) is 0 Å². The second-order valence-corrected chi connectivity index (χ2v) is 3.24. The van der Waals surface area contributed by atoms with Crippen LogP contribution in [0.3, 0.4) is 0 Å². The third-order valence-electron chi connectivity index (χ3n) is 1.40. The maximum absolute atomic E-state index is 11.3. The van der Waals surface area contributed by atoms with Crippen LogP contribution in [0.25, 0.3) is 0 Å². The molecule has 0 saturated heterocycles. The van der Waals surface area contributed by atoms with Gasteiger partial charge in [0.05, 0.1) is 0 Å². The highest BCUT2D eigenvalue weighted by atomic mass is 16.5. The summed E-state index contributed by atoms with van der Waals surface area (Å²) >= 11 is 0. The van der Waals surface area contributed by atoms with E-state index in [0.717, 1.165) is 0 Å². The quantitative estimate of drug-likeness (QED) is 0.751. The fourth-order valence-corrected chi connectivity index (χ4v) is 0.767. The molecule has 1 N–H and O–H groups in total. The number of nitrogens with one attached hydrogen (secondary N) is 1. The van der Waals surface area contributed by atoms with Crippen LogP contribution >= 0.6 is 0 Å². The predicted octanol–water partition coefficient (Wildman–Crippen LogP) is 0.764. The summed E-state index contributed by atoms with van der Waals surface area (Å²) in [4.78, 5) is 15.1. The van der Waals surface area contributed by atoms with Crippen molar-refractivity contribution < 1.29 is 9.32 Å². The van der Waals surface area contributed by atoms with E-state index >= 15 is 0 Å². The number of aryl methyl sites for hydroxylation is 1. The summed E-state index contributed by atoms with van der Waals surface area (Å²) in [6.07, 6.45) is 0. The summed E-state index contributed by atoms with van der Waals surface area (Å²) < 4.78 is 4.67. The van der Waals surface area contributed by atoms with Gasteiger partial charge in [-0.1, -0.05) is 19.0 Å². The van der Waals surface area contributed by atoms with Crippen LogP contribution in [-0.4, -0.2) is 22.6 Å². The molecule has 0 radical (unpaired) electrons. The van der Waals surface area contributed by atoms with Gasteiger partial charge in [-0.15, -0.1) is 0 Å². The average molecular weight is 183 g/mol.